The van der Waals surface area contributed by atoms with Crippen LogP contribution in [0.2, 0.25) is 0 Å². The first-order valence-electron chi connectivity index (χ1n) is 8.03. The number of aliphatic hydroxyl groups is 3. The number of nitrogens with zero attached hydrogens (tertiary/aromatic N) is 2. The molecule has 4 atom stereocenters. The van der Waals surface area contributed by atoms with Crippen LogP contribution in [0, 0.1) is 0 Å². The van der Waals surface area contributed by atoms with E-state index in [2.05, 4.69) is 0 Å². The van der Waals surface area contributed by atoms with Crippen molar-refractivity contribution in [3.8, 4) is 5.75 Å². The summed E-state index contributed by atoms with van der Waals surface area (Å²) in [5.41, 5.74) is -0.485. The van der Waals surface area contributed by atoms with Gasteiger partial charge in [-0.15, -0.1) is 0 Å². The minimum atomic E-state index is -1.41. The normalized spacial score (nSPS) is 25.4. The zero-order valence-corrected chi connectivity index (χ0v) is 14.1. The van der Waals surface area contributed by atoms with Crippen LogP contribution in [-0.4, -0.2) is 56.5 Å². The molecular weight excluding hydrogens is 344 g/mol. The smallest absolute Gasteiger partial charge is 0.333 e. The Morgan fingerprint density at radius 1 is 1.12 bits per heavy atom. The standard InChI is InChI=1S/C17H20N2O7/c1-25-11-4-2-10(3-5-11)8-19-13(21)6-7-18(17(19)24)16-15(23)14(22)12(9-20)26-16/h2-7,12,14-16,20,22-23H,8-9H2,1H3/t12-,14-,15-,16-/m1/s1. The van der Waals surface area contributed by atoms with Gasteiger partial charge in [-0.25, -0.2) is 4.79 Å². The maximum Gasteiger partial charge on any atom is 0.333 e. The Kier molecular flexibility index (Phi) is 5.23. The van der Waals surface area contributed by atoms with E-state index < -0.39 is 42.4 Å². The molecule has 9 heteroatoms. The molecule has 26 heavy (non-hydrogen) atoms. The lowest BCUT2D eigenvalue weighted by atomic mass is 10.1. The quantitative estimate of drug-likeness (QED) is 0.601. The Labute approximate surface area is 148 Å². The largest absolute Gasteiger partial charge is 0.497 e. The second-order valence-corrected chi connectivity index (χ2v) is 6.01. The van der Waals surface area contributed by atoms with E-state index in [1.54, 1.807) is 24.3 Å². The van der Waals surface area contributed by atoms with Gasteiger partial charge in [0.05, 0.1) is 20.3 Å². The molecule has 1 fully saturated rings. The fourth-order valence-corrected chi connectivity index (χ4v) is 2.89. The molecule has 0 aliphatic carbocycles. The Bertz CT molecular complexity index is 874. The third kappa shape index (κ3) is 3.29. The van der Waals surface area contributed by atoms with Crippen LogP contribution in [0.5, 0.6) is 5.75 Å². The van der Waals surface area contributed by atoms with Crippen molar-refractivity contribution in [2.75, 3.05) is 13.7 Å². The van der Waals surface area contributed by atoms with E-state index in [1.165, 1.54) is 19.4 Å². The van der Waals surface area contributed by atoms with Crippen molar-refractivity contribution in [2.24, 2.45) is 0 Å². The third-order valence-corrected chi connectivity index (χ3v) is 4.39. The second-order valence-electron chi connectivity index (χ2n) is 6.01. The van der Waals surface area contributed by atoms with E-state index in [0.29, 0.717) is 11.3 Å². The van der Waals surface area contributed by atoms with Crippen molar-refractivity contribution in [3.63, 3.8) is 0 Å². The van der Waals surface area contributed by atoms with Crippen molar-refractivity contribution < 1.29 is 24.8 Å². The van der Waals surface area contributed by atoms with Gasteiger partial charge in [0.1, 0.15) is 24.1 Å². The van der Waals surface area contributed by atoms with Crippen LogP contribution < -0.4 is 16.0 Å². The maximum atomic E-state index is 12.7. The molecule has 9 nitrogen and oxygen atoms in total. The highest BCUT2D eigenvalue weighted by atomic mass is 16.6. The van der Waals surface area contributed by atoms with Crippen molar-refractivity contribution in [3.05, 3.63) is 62.9 Å². The van der Waals surface area contributed by atoms with E-state index in [0.717, 1.165) is 9.13 Å². The molecule has 0 saturated carbocycles. The van der Waals surface area contributed by atoms with Gasteiger partial charge in [0.2, 0.25) is 0 Å². The highest BCUT2D eigenvalue weighted by molar-refractivity contribution is 5.27. The average molecular weight is 364 g/mol. The Balaban J connectivity index is 1.94. The summed E-state index contributed by atoms with van der Waals surface area (Å²) in [6.07, 6.45) is -3.74. The van der Waals surface area contributed by atoms with Crippen LogP contribution in [0.25, 0.3) is 0 Å². The number of hydrogen-bond acceptors (Lipinski definition) is 7. The van der Waals surface area contributed by atoms with Crippen LogP contribution in [-0.2, 0) is 11.3 Å². The number of aliphatic hydroxyl groups excluding tert-OH is 3. The Morgan fingerprint density at radius 2 is 1.81 bits per heavy atom. The lowest BCUT2D eigenvalue weighted by Gasteiger charge is -2.18. The van der Waals surface area contributed by atoms with E-state index in [4.69, 9.17) is 9.47 Å². The average Bonchev–Trinajstić information content (AvgIpc) is 2.94. The lowest BCUT2D eigenvalue weighted by Crippen LogP contribution is -2.43. The van der Waals surface area contributed by atoms with Crippen molar-refractivity contribution >= 4 is 0 Å². The van der Waals surface area contributed by atoms with E-state index in [1.807, 2.05) is 0 Å². The fraction of sp³-hybridized carbons (Fsp3) is 0.412. The highest BCUT2D eigenvalue weighted by Gasteiger charge is 2.43. The second kappa shape index (κ2) is 7.42. The molecule has 3 N–H and O–H groups in total. The molecule has 1 aromatic heterocycles. The van der Waals surface area contributed by atoms with E-state index in [9.17, 15) is 24.9 Å². The molecule has 1 aromatic carbocycles. The number of rotatable bonds is 5. The highest BCUT2D eigenvalue weighted by Crippen LogP contribution is 2.27. The number of hydrogen-bond donors (Lipinski definition) is 3. The topological polar surface area (TPSA) is 123 Å². The molecule has 0 amide bonds. The Hall–Kier alpha value is -2.46. The number of benzene rings is 1. The first kappa shape index (κ1) is 18.3. The van der Waals surface area contributed by atoms with Crippen LogP contribution in [0.3, 0.4) is 0 Å². The summed E-state index contributed by atoms with van der Waals surface area (Å²) < 4.78 is 12.5. The molecule has 1 saturated heterocycles. The third-order valence-electron chi connectivity index (χ3n) is 4.39. The summed E-state index contributed by atoms with van der Waals surface area (Å²) in [6, 6.07) is 8.07. The Morgan fingerprint density at radius 3 is 2.38 bits per heavy atom. The summed E-state index contributed by atoms with van der Waals surface area (Å²) in [7, 11) is 1.54. The zero-order valence-electron chi connectivity index (χ0n) is 14.1. The lowest BCUT2D eigenvalue weighted by molar-refractivity contribution is -0.0555. The van der Waals surface area contributed by atoms with Gasteiger partial charge < -0.3 is 24.8 Å². The fourth-order valence-electron chi connectivity index (χ4n) is 2.89. The summed E-state index contributed by atoms with van der Waals surface area (Å²) in [4.78, 5) is 24.9. The number of ether oxygens (including phenoxy) is 2. The van der Waals surface area contributed by atoms with E-state index >= 15 is 0 Å². The van der Waals surface area contributed by atoms with Crippen LogP contribution in [0.1, 0.15) is 11.8 Å². The van der Waals surface area contributed by atoms with Crippen LogP contribution in [0.15, 0.2) is 46.1 Å². The zero-order chi connectivity index (χ0) is 18.8. The molecule has 3 rings (SSSR count). The van der Waals surface area contributed by atoms with Crippen molar-refractivity contribution in [1.29, 1.82) is 0 Å². The summed E-state index contributed by atoms with van der Waals surface area (Å²) >= 11 is 0. The SMILES string of the molecule is COc1ccc(Cn2c(=O)ccn([C@@H]3O[C@H](CO)[C@@H](O)[C@H]3O)c2=O)cc1. The molecule has 1 aliphatic rings. The van der Waals surface area contributed by atoms with Gasteiger partial charge in [-0.1, -0.05) is 12.1 Å². The molecule has 2 aromatic rings. The van der Waals surface area contributed by atoms with Gasteiger partial charge in [0.15, 0.2) is 6.23 Å². The summed E-state index contributed by atoms with van der Waals surface area (Å²) in [5.74, 6) is 0.651. The van der Waals surface area contributed by atoms with Gasteiger partial charge in [-0.05, 0) is 17.7 Å². The predicted octanol–water partition coefficient (Wildman–Crippen LogP) is -1.32. The van der Waals surface area contributed by atoms with E-state index in [-0.39, 0.29) is 6.54 Å². The number of methoxy groups -OCH3 is 1. The monoisotopic (exact) mass is 364 g/mol. The van der Waals surface area contributed by atoms with Gasteiger partial charge in [-0.3, -0.25) is 13.9 Å². The van der Waals surface area contributed by atoms with Gasteiger partial charge >= 0.3 is 5.69 Å². The molecule has 0 unspecified atom stereocenters. The molecular formula is C17H20N2O7. The van der Waals surface area contributed by atoms with Crippen LogP contribution >= 0.6 is 0 Å². The summed E-state index contributed by atoms with van der Waals surface area (Å²) in [6.45, 7) is -0.480. The van der Waals surface area contributed by atoms with Crippen LogP contribution in [0.4, 0.5) is 0 Å². The van der Waals surface area contributed by atoms with Gasteiger partial charge in [0.25, 0.3) is 5.56 Å². The molecule has 2 heterocycles. The van der Waals surface area contributed by atoms with Gasteiger partial charge in [0, 0.05) is 12.3 Å². The summed E-state index contributed by atoms with van der Waals surface area (Å²) in [5, 5.41) is 29.1. The predicted molar refractivity (Wildman–Crippen MR) is 90.1 cm³/mol. The molecule has 0 radical (unpaired) electrons. The molecule has 0 spiro atoms. The maximum absolute atomic E-state index is 12.7. The van der Waals surface area contributed by atoms with Crippen molar-refractivity contribution in [2.45, 2.75) is 31.1 Å². The minimum absolute atomic E-state index is 0.0251. The first-order chi connectivity index (χ1) is 12.5. The minimum Gasteiger partial charge on any atom is -0.497 e. The molecule has 140 valence electrons. The molecule has 0 bridgehead atoms. The first-order valence-corrected chi connectivity index (χ1v) is 8.03. The van der Waals surface area contributed by atoms with Crippen molar-refractivity contribution in [1.82, 2.24) is 9.13 Å². The van der Waals surface area contributed by atoms with Gasteiger partial charge in [-0.2, -0.15) is 0 Å². The number of aromatic nitrogens is 2. The molecule has 1 aliphatic heterocycles.